The van der Waals surface area contributed by atoms with E-state index in [2.05, 4.69) is 15.5 Å². The lowest BCUT2D eigenvalue weighted by atomic mass is 10.4. The molecule has 2 aromatic rings. The van der Waals surface area contributed by atoms with Crippen LogP contribution >= 0.6 is 0 Å². The minimum atomic E-state index is -0.578. The van der Waals surface area contributed by atoms with Gasteiger partial charge in [-0.2, -0.15) is 9.78 Å². The molecule has 128 valence electrons. The van der Waals surface area contributed by atoms with Crippen LogP contribution in [0, 0.1) is 27.2 Å². The van der Waals surface area contributed by atoms with Gasteiger partial charge in [0.2, 0.25) is 5.91 Å². The third-order valence-electron chi connectivity index (χ3n) is 3.20. The summed E-state index contributed by atoms with van der Waals surface area (Å²) in [4.78, 5) is 31.7. The molecule has 2 aromatic heterocycles. The fourth-order valence-corrected chi connectivity index (χ4v) is 1.98. The molecule has 0 aliphatic carbocycles. The molecule has 0 spiro atoms. The molecule has 12 heteroatoms. The van der Waals surface area contributed by atoms with Crippen molar-refractivity contribution in [1.82, 2.24) is 24.9 Å². The van der Waals surface area contributed by atoms with Gasteiger partial charge in [-0.05, 0) is 11.8 Å². The molecule has 0 atom stereocenters. The van der Waals surface area contributed by atoms with Gasteiger partial charge in [-0.25, -0.2) is 0 Å². The summed E-state index contributed by atoms with van der Waals surface area (Å²) in [5, 5.41) is 31.4. The van der Waals surface area contributed by atoms with E-state index >= 15 is 0 Å². The van der Waals surface area contributed by atoms with Crippen molar-refractivity contribution >= 4 is 17.4 Å². The highest BCUT2D eigenvalue weighted by Crippen LogP contribution is 2.10. The Morgan fingerprint density at radius 3 is 2.62 bits per heavy atom. The summed E-state index contributed by atoms with van der Waals surface area (Å²) in [5.41, 5.74) is 0.492. The lowest BCUT2D eigenvalue weighted by Gasteiger charge is -2.05. The van der Waals surface area contributed by atoms with Gasteiger partial charge in [0, 0.05) is 19.5 Å². The number of nitrogens with zero attached hydrogens (tertiary/aromatic N) is 6. The quantitative estimate of drug-likeness (QED) is 0.541. The van der Waals surface area contributed by atoms with Crippen molar-refractivity contribution in [1.29, 1.82) is 0 Å². The monoisotopic (exact) mass is 337 g/mol. The van der Waals surface area contributed by atoms with Crippen molar-refractivity contribution < 1.29 is 14.6 Å². The van der Waals surface area contributed by atoms with E-state index in [0.717, 1.165) is 6.20 Å². The molecule has 0 radical (unpaired) electrons. The molecule has 0 aromatic carbocycles. The number of rotatable bonds is 8. The number of carbonyl (C=O) groups is 1. The number of aromatic nitrogens is 4. The summed E-state index contributed by atoms with van der Waals surface area (Å²) in [6, 6.07) is 1.35. The van der Waals surface area contributed by atoms with Crippen LogP contribution in [0.15, 0.2) is 18.5 Å². The summed E-state index contributed by atoms with van der Waals surface area (Å²) in [6.45, 7) is 2.47. The van der Waals surface area contributed by atoms with Crippen molar-refractivity contribution in [3.8, 4) is 0 Å². The summed E-state index contributed by atoms with van der Waals surface area (Å²) in [5.74, 6) is -0.494. The van der Waals surface area contributed by atoms with Crippen LogP contribution in [-0.2, 0) is 17.9 Å². The lowest BCUT2D eigenvalue weighted by molar-refractivity contribution is -0.389. The SMILES string of the molecule is Cc1cc([N+](=O)[O-])nn1CCNC(=O)CCn1cc([N+](=O)[O-])cn1. The van der Waals surface area contributed by atoms with Crippen LogP contribution in [0.4, 0.5) is 11.5 Å². The lowest BCUT2D eigenvalue weighted by Crippen LogP contribution is -2.28. The van der Waals surface area contributed by atoms with Gasteiger partial charge in [0.1, 0.15) is 12.4 Å². The van der Waals surface area contributed by atoms with Crippen LogP contribution in [-0.4, -0.2) is 41.9 Å². The topological polar surface area (TPSA) is 151 Å². The second-order valence-corrected chi connectivity index (χ2v) is 4.94. The normalized spacial score (nSPS) is 10.5. The molecular formula is C12H15N7O5. The Hall–Kier alpha value is -3.31. The maximum atomic E-state index is 11.7. The molecule has 0 aliphatic heterocycles. The number of nitro groups is 2. The van der Waals surface area contributed by atoms with Gasteiger partial charge < -0.3 is 15.4 Å². The van der Waals surface area contributed by atoms with Gasteiger partial charge in [0.05, 0.1) is 28.3 Å². The molecule has 0 aliphatic rings. The van der Waals surface area contributed by atoms with Crippen LogP contribution in [0.1, 0.15) is 12.1 Å². The smallest absolute Gasteiger partial charge is 0.358 e. The van der Waals surface area contributed by atoms with Crippen LogP contribution in [0.2, 0.25) is 0 Å². The van der Waals surface area contributed by atoms with Crippen LogP contribution in [0.25, 0.3) is 0 Å². The molecule has 0 unspecified atom stereocenters. The average Bonchev–Trinajstić information content (AvgIpc) is 3.13. The maximum absolute atomic E-state index is 11.7. The van der Waals surface area contributed by atoms with E-state index in [1.807, 2.05) is 0 Å². The Morgan fingerprint density at radius 1 is 1.29 bits per heavy atom. The molecule has 0 saturated heterocycles. The van der Waals surface area contributed by atoms with Crippen molar-refractivity contribution in [2.24, 2.45) is 0 Å². The molecule has 0 bridgehead atoms. The molecule has 24 heavy (non-hydrogen) atoms. The molecule has 2 heterocycles. The standard InChI is InChI=1S/C12H15N7O5/c1-9-6-11(19(23)24)15-17(9)5-3-13-12(20)2-4-16-8-10(7-14-16)18(21)22/h6-8H,2-5H2,1H3,(H,13,20). The van der Waals surface area contributed by atoms with Crippen molar-refractivity contribution in [2.75, 3.05) is 6.54 Å². The van der Waals surface area contributed by atoms with E-state index in [-0.39, 0.29) is 36.9 Å². The predicted octanol–water partition coefficient (Wildman–Crippen LogP) is 0.411. The van der Waals surface area contributed by atoms with E-state index < -0.39 is 9.85 Å². The average molecular weight is 337 g/mol. The summed E-state index contributed by atoms with van der Waals surface area (Å²) in [6.07, 6.45) is 2.47. The molecule has 0 fully saturated rings. The third-order valence-corrected chi connectivity index (χ3v) is 3.20. The molecule has 1 N–H and O–H groups in total. The van der Waals surface area contributed by atoms with E-state index in [1.165, 1.54) is 21.6 Å². The first kappa shape index (κ1) is 17.1. The molecule has 2 rings (SSSR count). The predicted molar refractivity (Wildman–Crippen MR) is 80.1 cm³/mol. The number of amides is 1. The van der Waals surface area contributed by atoms with E-state index in [0.29, 0.717) is 12.2 Å². The van der Waals surface area contributed by atoms with Crippen molar-refractivity contribution in [2.45, 2.75) is 26.4 Å². The number of hydrogen-bond acceptors (Lipinski definition) is 7. The zero-order valence-electron chi connectivity index (χ0n) is 12.8. The fraction of sp³-hybridized carbons (Fsp3) is 0.417. The first-order valence-corrected chi connectivity index (χ1v) is 6.99. The zero-order chi connectivity index (χ0) is 17.7. The number of nitrogens with one attached hydrogen (secondary N) is 1. The Kier molecular flexibility index (Phi) is 5.19. The van der Waals surface area contributed by atoms with E-state index in [1.54, 1.807) is 6.92 Å². The molecule has 1 amide bonds. The molecule has 12 nitrogen and oxygen atoms in total. The Bertz CT molecular complexity index is 766. The van der Waals surface area contributed by atoms with Gasteiger partial charge in [0.15, 0.2) is 0 Å². The van der Waals surface area contributed by atoms with Crippen LogP contribution in [0.3, 0.4) is 0 Å². The number of carbonyl (C=O) groups excluding carboxylic acids is 1. The van der Waals surface area contributed by atoms with Gasteiger partial charge in [-0.3, -0.25) is 19.6 Å². The highest BCUT2D eigenvalue weighted by molar-refractivity contribution is 5.75. The Labute approximate surface area is 135 Å². The first-order valence-electron chi connectivity index (χ1n) is 6.99. The second kappa shape index (κ2) is 7.30. The molecular weight excluding hydrogens is 322 g/mol. The maximum Gasteiger partial charge on any atom is 0.390 e. The third kappa shape index (κ3) is 4.34. The number of aryl methyl sites for hydroxylation is 2. The van der Waals surface area contributed by atoms with Crippen LogP contribution < -0.4 is 5.32 Å². The minimum Gasteiger partial charge on any atom is -0.358 e. The van der Waals surface area contributed by atoms with E-state index in [4.69, 9.17) is 0 Å². The van der Waals surface area contributed by atoms with Crippen LogP contribution in [0.5, 0.6) is 0 Å². The van der Waals surface area contributed by atoms with E-state index in [9.17, 15) is 25.0 Å². The van der Waals surface area contributed by atoms with Gasteiger partial charge in [-0.1, -0.05) is 0 Å². The highest BCUT2D eigenvalue weighted by Gasteiger charge is 2.15. The summed E-state index contributed by atoms with van der Waals surface area (Å²) in [7, 11) is 0. The minimum absolute atomic E-state index is 0.108. The van der Waals surface area contributed by atoms with Gasteiger partial charge in [-0.15, -0.1) is 0 Å². The van der Waals surface area contributed by atoms with Gasteiger partial charge >= 0.3 is 11.5 Å². The van der Waals surface area contributed by atoms with Gasteiger partial charge in [0.25, 0.3) is 0 Å². The summed E-state index contributed by atoms with van der Waals surface area (Å²) < 4.78 is 2.76. The first-order chi connectivity index (χ1) is 11.4. The number of hydrogen-bond donors (Lipinski definition) is 1. The Balaban J connectivity index is 1.75. The summed E-state index contributed by atoms with van der Waals surface area (Å²) >= 11 is 0. The Morgan fingerprint density at radius 2 is 2.04 bits per heavy atom. The zero-order valence-corrected chi connectivity index (χ0v) is 12.8. The largest absolute Gasteiger partial charge is 0.390 e. The highest BCUT2D eigenvalue weighted by atomic mass is 16.6. The van der Waals surface area contributed by atoms with Crippen molar-refractivity contribution in [3.63, 3.8) is 0 Å². The second-order valence-electron chi connectivity index (χ2n) is 4.94. The fourth-order valence-electron chi connectivity index (χ4n) is 1.98. The van der Waals surface area contributed by atoms with Crippen molar-refractivity contribution in [3.05, 3.63) is 44.4 Å². The molecule has 0 saturated carbocycles.